The van der Waals surface area contributed by atoms with Crippen molar-refractivity contribution < 1.29 is 9.53 Å². The average Bonchev–Trinajstić information content (AvgIpc) is 3.13. The van der Waals surface area contributed by atoms with E-state index in [9.17, 15) is 4.79 Å². The van der Waals surface area contributed by atoms with Crippen LogP contribution in [0.5, 0.6) is 5.75 Å². The molecule has 1 atom stereocenters. The van der Waals surface area contributed by atoms with Crippen molar-refractivity contribution in [2.24, 2.45) is 0 Å². The molecule has 2 fully saturated rings. The Kier molecular flexibility index (Phi) is 6.17. The molecular formula is C21H31NO2. The summed E-state index contributed by atoms with van der Waals surface area (Å²) in [5.74, 6) is 1.29. The molecule has 1 saturated heterocycles. The van der Waals surface area contributed by atoms with Crippen LogP contribution in [0.15, 0.2) is 24.3 Å². The third-order valence-corrected chi connectivity index (χ3v) is 5.55. The molecule has 1 heterocycles. The number of benzene rings is 1. The van der Waals surface area contributed by atoms with Crippen molar-refractivity contribution in [3.63, 3.8) is 0 Å². The van der Waals surface area contributed by atoms with Gasteiger partial charge in [0.05, 0.1) is 6.10 Å². The molecule has 0 spiro atoms. The number of hydrogen-bond acceptors (Lipinski definition) is 2. The van der Waals surface area contributed by atoms with Gasteiger partial charge in [-0.1, -0.05) is 19.1 Å². The first kappa shape index (κ1) is 17.3. The fraction of sp³-hybridized carbons (Fsp3) is 0.667. The molecule has 1 aromatic carbocycles. The molecule has 1 unspecified atom stereocenters. The Morgan fingerprint density at radius 3 is 2.75 bits per heavy atom. The summed E-state index contributed by atoms with van der Waals surface area (Å²) in [4.78, 5) is 14.7. The molecule has 1 aliphatic carbocycles. The number of hydrogen-bond donors (Lipinski definition) is 0. The Balaban J connectivity index is 1.52. The Morgan fingerprint density at radius 2 is 1.96 bits per heavy atom. The molecule has 3 rings (SSSR count). The lowest BCUT2D eigenvalue weighted by Crippen LogP contribution is -2.43. The lowest BCUT2D eigenvalue weighted by molar-refractivity contribution is -0.134. The molecule has 1 aliphatic heterocycles. The zero-order valence-electron chi connectivity index (χ0n) is 15.0. The highest BCUT2D eigenvalue weighted by Gasteiger charge is 2.24. The molecular weight excluding hydrogens is 298 g/mol. The molecule has 3 heteroatoms. The van der Waals surface area contributed by atoms with Crippen molar-refractivity contribution in [2.45, 2.75) is 83.3 Å². The normalized spacial score (nSPS) is 21.9. The minimum atomic E-state index is 0.323. The number of piperidine rings is 1. The third kappa shape index (κ3) is 4.52. The van der Waals surface area contributed by atoms with Gasteiger partial charge in [0.15, 0.2) is 0 Å². The van der Waals surface area contributed by atoms with E-state index >= 15 is 0 Å². The zero-order chi connectivity index (χ0) is 16.8. The van der Waals surface area contributed by atoms with Crippen molar-refractivity contribution in [2.75, 3.05) is 6.54 Å². The number of amides is 1. The van der Waals surface area contributed by atoms with Crippen molar-refractivity contribution in [1.29, 1.82) is 0 Å². The highest BCUT2D eigenvalue weighted by molar-refractivity contribution is 5.77. The molecule has 0 aromatic heterocycles. The van der Waals surface area contributed by atoms with E-state index in [1.54, 1.807) is 0 Å². The number of nitrogens with zero attached hydrogens (tertiary/aromatic N) is 1. The molecule has 24 heavy (non-hydrogen) atoms. The van der Waals surface area contributed by atoms with E-state index in [0.29, 0.717) is 24.5 Å². The second kappa shape index (κ2) is 8.55. The molecule has 0 radical (unpaired) electrons. The Morgan fingerprint density at radius 1 is 1.17 bits per heavy atom. The van der Waals surface area contributed by atoms with E-state index in [1.807, 2.05) is 6.07 Å². The summed E-state index contributed by atoms with van der Waals surface area (Å²) in [7, 11) is 0. The fourth-order valence-electron chi connectivity index (χ4n) is 4.12. The van der Waals surface area contributed by atoms with Gasteiger partial charge < -0.3 is 9.64 Å². The maximum absolute atomic E-state index is 12.6. The molecule has 2 aliphatic rings. The number of carbonyl (C=O) groups excluding carboxylic acids is 1. The van der Waals surface area contributed by atoms with Crippen LogP contribution in [0.2, 0.25) is 0 Å². The molecule has 1 aromatic rings. The van der Waals surface area contributed by atoms with Gasteiger partial charge >= 0.3 is 0 Å². The lowest BCUT2D eigenvalue weighted by Gasteiger charge is -2.35. The quantitative estimate of drug-likeness (QED) is 0.755. The number of rotatable bonds is 6. The van der Waals surface area contributed by atoms with Gasteiger partial charge in [-0.15, -0.1) is 0 Å². The van der Waals surface area contributed by atoms with Crippen LogP contribution in [0.25, 0.3) is 0 Å². The summed E-state index contributed by atoms with van der Waals surface area (Å²) in [5, 5.41) is 0. The van der Waals surface area contributed by atoms with Crippen LogP contribution in [-0.2, 0) is 11.2 Å². The molecule has 0 N–H and O–H groups in total. The number of ether oxygens (including phenoxy) is 1. The molecule has 0 bridgehead atoms. The summed E-state index contributed by atoms with van der Waals surface area (Å²) in [5.41, 5.74) is 1.21. The van der Waals surface area contributed by atoms with Gasteiger partial charge in [-0.3, -0.25) is 4.79 Å². The molecule has 3 nitrogen and oxygen atoms in total. The van der Waals surface area contributed by atoms with Gasteiger partial charge in [0, 0.05) is 19.0 Å². The van der Waals surface area contributed by atoms with Crippen LogP contribution in [0.4, 0.5) is 0 Å². The molecule has 1 saturated carbocycles. The van der Waals surface area contributed by atoms with E-state index in [1.165, 1.54) is 44.1 Å². The number of likely N-dealkylation sites (tertiary alicyclic amines) is 1. The van der Waals surface area contributed by atoms with Crippen LogP contribution in [0.1, 0.15) is 70.3 Å². The highest BCUT2D eigenvalue weighted by atomic mass is 16.5. The van der Waals surface area contributed by atoms with Gasteiger partial charge in [0.2, 0.25) is 5.91 Å². The van der Waals surface area contributed by atoms with E-state index in [-0.39, 0.29) is 0 Å². The summed E-state index contributed by atoms with van der Waals surface area (Å²) in [6, 6.07) is 8.80. The zero-order valence-corrected chi connectivity index (χ0v) is 15.0. The Labute approximate surface area is 146 Å². The topological polar surface area (TPSA) is 29.5 Å². The minimum Gasteiger partial charge on any atom is -0.490 e. The van der Waals surface area contributed by atoms with Crippen LogP contribution < -0.4 is 4.74 Å². The lowest BCUT2D eigenvalue weighted by atomic mass is 9.99. The summed E-state index contributed by atoms with van der Waals surface area (Å²) < 4.78 is 6.08. The smallest absolute Gasteiger partial charge is 0.223 e. The second-order valence-electron chi connectivity index (χ2n) is 7.32. The first-order valence-corrected chi connectivity index (χ1v) is 9.81. The predicted octanol–water partition coefficient (Wildman–Crippen LogP) is 4.73. The maximum atomic E-state index is 12.6. The van der Waals surface area contributed by atoms with Crippen LogP contribution in [-0.4, -0.2) is 29.5 Å². The van der Waals surface area contributed by atoms with Gasteiger partial charge in [-0.05, 0) is 75.5 Å². The van der Waals surface area contributed by atoms with E-state index < -0.39 is 0 Å². The van der Waals surface area contributed by atoms with Gasteiger partial charge in [-0.25, -0.2) is 0 Å². The molecule has 132 valence electrons. The van der Waals surface area contributed by atoms with Gasteiger partial charge in [0.25, 0.3) is 0 Å². The van der Waals surface area contributed by atoms with E-state index in [2.05, 4.69) is 30.0 Å². The Bertz CT molecular complexity index is 536. The molecule has 1 amide bonds. The van der Waals surface area contributed by atoms with Crippen molar-refractivity contribution in [3.8, 4) is 5.75 Å². The van der Waals surface area contributed by atoms with Crippen LogP contribution in [0.3, 0.4) is 0 Å². The first-order valence-electron chi connectivity index (χ1n) is 9.81. The number of aryl methyl sites for hydroxylation is 1. The first-order chi connectivity index (χ1) is 11.8. The van der Waals surface area contributed by atoms with Gasteiger partial charge in [0.1, 0.15) is 5.75 Å². The van der Waals surface area contributed by atoms with E-state index in [4.69, 9.17) is 4.74 Å². The van der Waals surface area contributed by atoms with Crippen molar-refractivity contribution >= 4 is 5.91 Å². The fourth-order valence-corrected chi connectivity index (χ4v) is 4.12. The number of carbonyl (C=O) groups is 1. The largest absolute Gasteiger partial charge is 0.490 e. The standard InChI is InChI=1S/C21H31NO2/c1-2-18-9-5-6-15-22(18)21(23)14-13-17-8-7-12-20(16-17)24-19-10-3-4-11-19/h7-8,12,16,18-19H,2-6,9-11,13-15H2,1H3. The maximum Gasteiger partial charge on any atom is 0.223 e. The Hall–Kier alpha value is -1.51. The summed E-state index contributed by atoms with van der Waals surface area (Å²) >= 11 is 0. The summed E-state index contributed by atoms with van der Waals surface area (Å²) in [6.07, 6.45) is 11.4. The van der Waals surface area contributed by atoms with Crippen LogP contribution >= 0.6 is 0 Å². The highest BCUT2D eigenvalue weighted by Crippen LogP contribution is 2.25. The second-order valence-corrected chi connectivity index (χ2v) is 7.32. The monoisotopic (exact) mass is 329 g/mol. The predicted molar refractivity (Wildman–Crippen MR) is 97.3 cm³/mol. The van der Waals surface area contributed by atoms with Crippen LogP contribution in [0, 0.1) is 0 Å². The average molecular weight is 329 g/mol. The van der Waals surface area contributed by atoms with Crippen molar-refractivity contribution in [1.82, 2.24) is 4.90 Å². The van der Waals surface area contributed by atoms with Gasteiger partial charge in [-0.2, -0.15) is 0 Å². The van der Waals surface area contributed by atoms with Crippen molar-refractivity contribution in [3.05, 3.63) is 29.8 Å². The SMILES string of the molecule is CCC1CCCCN1C(=O)CCc1cccc(OC2CCCC2)c1. The summed E-state index contributed by atoms with van der Waals surface area (Å²) in [6.45, 7) is 3.14. The van der Waals surface area contributed by atoms with E-state index in [0.717, 1.165) is 31.6 Å². The third-order valence-electron chi connectivity index (χ3n) is 5.55. The minimum absolute atomic E-state index is 0.323.